The van der Waals surface area contributed by atoms with Gasteiger partial charge in [-0.25, -0.2) is 0 Å². The summed E-state index contributed by atoms with van der Waals surface area (Å²) in [5.41, 5.74) is 18.0. The number of benzene rings is 6. The Balaban J connectivity index is 1.41. The first-order valence-corrected chi connectivity index (χ1v) is 19.2. The van der Waals surface area contributed by atoms with Crippen LogP contribution < -0.4 is 9.80 Å². The number of fused-ring (bicyclic) bond motifs is 3. The molecule has 0 aliphatic carbocycles. The minimum absolute atomic E-state index is 0.0986. The van der Waals surface area contributed by atoms with E-state index < -0.39 is 0 Å². The summed E-state index contributed by atoms with van der Waals surface area (Å²) >= 11 is 0. The van der Waals surface area contributed by atoms with E-state index in [0.717, 1.165) is 26.2 Å². The number of nitrogens with zero attached hydrogens (tertiary/aromatic N) is 3. The molecule has 0 amide bonds. The summed E-state index contributed by atoms with van der Waals surface area (Å²) in [6.07, 6.45) is 0. The van der Waals surface area contributed by atoms with Crippen LogP contribution in [-0.4, -0.2) is 30.7 Å². The Morgan fingerprint density at radius 3 is 1.60 bits per heavy atom. The van der Waals surface area contributed by atoms with Crippen LogP contribution in [0, 0.1) is 27.7 Å². The molecular weight excluding hydrogens is 631 g/mol. The van der Waals surface area contributed by atoms with Crippen molar-refractivity contribution in [3.05, 3.63) is 160 Å². The van der Waals surface area contributed by atoms with Crippen molar-refractivity contribution in [2.24, 2.45) is 0 Å². The zero-order valence-corrected chi connectivity index (χ0v) is 32.3. The quantitative estimate of drug-likeness (QED) is 0.126. The Bertz CT molecular complexity index is 2290. The van der Waals surface area contributed by atoms with Crippen LogP contribution in [0.5, 0.6) is 0 Å². The Morgan fingerprint density at radius 2 is 1.04 bits per heavy atom. The fourth-order valence-corrected chi connectivity index (χ4v) is 8.38. The summed E-state index contributed by atoms with van der Waals surface area (Å²) in [6, 6.07) is 46.1. The molecule has 0 unspecified atom stereocenters. The van der Waals surface area contributed by atoms with E-state index in [9.17, 15) is 0 Å². The summed E-state index contributed by atoms with van der Waals surface area (Å²) in [7, 11) is 0. The molecule has 3 nitrogen and oxygen atoms in total. The Hall–Kier alpha value is -5.28. The van der Waals surface area contributed by atoms with Gasteiger partial charge in [-0.1, -0.05) is 71.8 Å². The molecule has 52 heavy (non-hydrogen) atoms. The van der Waals surface area contributed by atoms with Crippen LogP contribution in [-0.2, 0) is 0 Å². The van der Waals surface area contributed by atoms with Crippen molar-refractivity contribution in [1.29, 1.82) is 0 Å². The summed E-state index contributed by atoms with van der Waals surface area (Å²) in [6.45, 7) is 22.0. The molecule has 0 radical (unpaired) electrons. The molecule has 0 N–H and O–H groups in total. The lowest BCUT2D eigenvalue weighted by atomic mass is 9.79. The molecule has 1 heterocycles. The van der Waals surface area contributed by atoms with Gasteiger partial charge < -0.3 is 14.4 Å². The molecule has 0 aliphatic heterocycles. The molecule has 7 rings (SSSR count). The highest BCUT2D eigenvalue weighted by molar-refractivity contribution is 6.10. The summed E-state index contributed by atoms with van der Waals surface area (Å²) < 4.78 is 2.40. The molecule has 0 fully saturated rings. The van der Waals surface area contributed by atoms with E-state index in [4.69, 9.17) is 0 Å². The van der Waals surface area contributed by atoms with E-state index in [2.05, 4.69) is 191 Å². The third-order valence-corrected chi connectivity index (χ3v) is 11.1. The van der Waals surface area contributed by atoms with Gasteiger partial charge in [0.05, 0.1) is 11.0 Å². The first-order valence-electron chi connectivity index (χ1n) is 19.2. The van der Waals surface area contributed by atoms with E-state index in [1.807, 2.05) is 0 Å². The fourth-order valence-electron chi connectivity index (χ4n) is 8.38. The third kappa shape index (κ3) is 6.50. The largest absolute Gasteiger partial charge is 0.372 e. The highest BCUT2D eigenvalue weighted by Gasteiger charge is 2.23. The lowest BCUT2D eigenvalue weighted by Crippen LogP contribution is -2.22. The maximum atomic E-state index is 2.45. The summed E-state index contributed by atoms with van der Waals surface area (Å²) in [4.78, 5) is 4.88. The van der Waals surface area contributed by atoms with Gasteiger partial charge in [-0.15, -0.1) is 0 Å². The van der Waals surface area contributed by atoms with Crippen LogP contribution in [0.25, 0.3) is 38.6 Å². The third-order valence-electron chi connectivity index (χ3n) is 11.1. The number of hydrogen-bond donors (Lipinski definition) is 0. The molecule has 0 bridgehead atoms. The molecule has 0 aliphatic rings. The van der Waals surface area contributed by atoms with Crippen LogP contribution in [0.2, 0.25) is 0 Å². The van der Waals surface area contributed by atoms with Crippen molar-refractivity contribution < 1.29 is 0 Å². The van der Waals surface area contributed by atoms with Crippen molar-refractivity contribution in [3.63, 3.8) is 0 Å². The summed E-state index contributed by atoms with van der Waals surface area (Å²) in [5, 5.41) is 2.57. The highest BCUT2D eigenvalue weighted by atomic mass is 15.1. The summed E-state index contributed by atoms with van der Waals surface area (Å²) in [5.74, 6) is 0.0986. The molecule has 0 saturated heterocycles. The second-order valence-corrected chi connectivity index (χ2v) is 14.4. The van der Waals surface area contributed by atoms with E-state index >= 15 is 0 Å². The Kier molecular flexibility index (Phi) is 9.97. The lowest BCUT2D eigenvalue weighted by Gasteiger charge is -2.28. The fraction of sp³-hybridized carbons (Fsp3) is 0.265. The van der Waals surface area contributed by atoms with Gasteiger partial charge in [-0.3, -0.25) is 0 Å². The van der Waals surface area contributed by atoms with Crippen molar-refractivity contribution in [3.8, 4) is 16.8 Å². The van der Waals surface area contributed by atoms with Gasteiger partial charge in [0.1, 0.15) is 0 Å². The molecular formula is C49H53N3. The molecule has 0 saturated carbocycles. The predicted molar refractivity (Wildman–Crippen MR) is 226 cm³/mol. The number of anilines is 2. The second kappa shape index (κ2) is 14.8. The van der Waals surface area contributed by atoms with Gasteiger partial charge in [-0.2, -0.15) is 0 Å². The molecule has 6 aromatic carbocycles. The minimum atomic E-state index is 0.0986. The monoisotopic (exact) mass is 683 g/mol. The average Bonchev–Trinajstić information content (AvgIpc) is 3.47. The van der Waals surface area contributed by atoms with Crippen LogP contribution in [0.3, 0.4) is 0 Å². The average molecular weight is 684 g/mol. The zero-order chi connectivity index (χ0) is 36.5. The Labute approximate surface area is 311 Å². The van der Waals surface area contributed by atoms with E-state index in [-0.39, 0.29) is 5.92 Å². The maximum absolute atomic E-state index is 2.45. The predicted octanol–water partition coefficient (Wildman–Crippen LogP) is 12.6. The first-order chi connectivity index (χ1) is 25.2. The number of para-hydroxylation sites is 1. The number of aryl methyl sites for hydroxylation is 4. The smallest absolute Gasteiger partial charge is 0.0541 e. The van der Waals surface area contributed by atoms with Crippen LogP contribution >= 0.6 is 0 Å². The first kappa shape index (κ1) is 35.1. The van der Waals surface area contributed by atoms with Gasteiger partial charge in [-0.05, 0) is 155 Å². The number of rotatable bonds is 11. The van der Waals surface area contributed by atoms with Crippen molar-refractivity contribution in [2.45, 2.75) is 61.3 Å². The second-order valence-electron chi connectivity index (χ2n) is 14.4. The highest BCUT2D eigenvalue weighted by Crippen LogP contribution is 2.41. The van der Waals surface area contributed by atoms with Crippen LogP contribution in [0.1, 0.15) is 72.6 Å². The molecule has 0 spiro atoms. The van der Waals surface area contributed by atoms with E-state index in [0.29, 0.717) is 0 Å². The topological polar surface area (TPSA) is 11.4 Å². The van der Waals surface area contributed by atoms with Crippen molar-refractivity contribution >= 4 is 33.2 Å². The van der Waals surface area contributed by atoms with Gasteiger partial charge >= 0.3 is 0 Å². The molecule has 264 valence electrons. The van der Waals surface area contributed by atoms with Gasteiger partial charge in [0, 0.05) is 59.9 Å². The van der Waals surface area contributed by atoms with Crippen molar-refractivity contribution in [2.75, 3.05) is 36.0 Å². The van der Waals surface area contributed by atoms with Crippen molar-refractivity contribution in [1.82, 2.24) is 4.57 Å². The molecule has 0 atom stereocenters. The van der Waals surface area contributed by atoms with Gasteiger partial charge in [0.15, 0.2) is 0 Å². The Morgan fingerprint density at radius 1 is 0.481 bits per heavy atom. The zero-order valence-electron chi connectivity index (χ0n) is 32.3. The van der Waals surface area contributed by atoms with E-state index in [1.54, 1.807) is 0 Å². The molecule has 1 aromatic heterocycles. The minimum Gasteiger partial charge on any atom is -0.372 e. The number of aromatic nitrogens is 1. The van der Waals surface area contributed by atoms with E-state index in [1.165, 1.54) is 88.9 Å². The molecule has 7 aromatic rings. The molecule has 3 heteroatoms. The standard InChI is InChI=1S/C49H53N3/c1-9-50(10-2)41-20-22-43(35(7)29-41)49(44-23-21-42(30-36(44)8)51(11-3)12-4)39-27-34(6)26-38(31-39)37-19-25-48-46(32-37)45-28-33(5)18-24-47(45)52(48)40-16-14-13-15-17-40/h13-32,49H,9-12H2,1-8H3. The maximum Gasteiger partial charge on any atom is 0.0541 e. The lowest BCUT2D eigenvalue weighted by molar-refractivity contribution is 0.859. The van der Waals surface area contributed by atoms with Crippen LogP contribution in [0.15, 0.2) is 121 Å². The number of hydrogen-bond acceptors (Lipinski definition) is 2. The van der Waals surface area contributed by atoms with Crippen LogP contribution in [0.4, 0.5) is 11.4 Å². The van der Waals surface area contributed by atoms with Gasteiger partial charge in [0.25, 0.3) is 0 Å². The SMILES string of the molecule is CCN(CC)c1ccc(C(c2cc(C)cc(-c3ccc4c(c3)c3cc(C)ccc3n4-c3ccccc3)c2)c2ccc(N(CC)CC)cc2C)c(C)c1. The normalized spacial score (nSPS) is 11.6. The van der Waals surface area contributed by atoms with Gasteiger partial charge in [0.2, 0.25) is 0 Å².